The van der Waals surface area contributed by atoms with Crippen LogP contribution in [0.1, 0.15) is 32.1 Å². The first-order chi connectivity index (χ1) is 7.69. The van der Waals surface area contributed by atoms with Gasteiger partial charge in [0.1, 0.15) is 5.60 Å². The van der Waals surface area contributed by atoms with Crippen LogP contribution >= 0.6 is 0 Å². The van der Waals surface area contributed by atoms with Gasteiger partial charge in [-0.3, -0.25) is 0 Å². The fourth-order valence-electron chi connectivity index (χ4n) is 2.64. The Hall–Kier alpha value is -1.10. The Morgan fingerprint density at radius 3 is 2.62 bits per heavy atom. The molecule has 5 heteroatoms. The average molecular weight is 224 g/mol. The third kappa shape index (κ3) is 1.69. The summed E-state index contributed by atoms with van der Waals surface area (Å²) in [7, 11) is 0. The minimum atomic E-state index is -0.943. The highest BCUT2D eigenvalue weighted by atomic mass is 16.7. The summed E-state index contributed by atoms with van der Waals surface area (Å²) in [6.07, 6.45) is 4.93. The van der Waals surface area contributed by atoms with Gasteiger partial charge in [-0.15, -0.1) is 0 Å². The summed E-state index contributed by atoms with van der Waals surface area (Å²) in [5.41, 5.74) is -0.126. The second-order valence-electron chi connectivity index (χ2n) is 5.06. The molecule has 0 atom stereocenters. The predicted octanol–water partition coefficient (Wildman–Crippen LogP) is 0.844. The van der Waals surface area contributed by atoms with Gasteiger partial charge in [0.05, 0.1) is 0 Å². The van der Waals surface area contributed by atoms with Crippen LogP contribution in [0.2, 0.25) is 0 Å². The largest absolute Gasteiger partial charge is 0.477 e. The predicted molar refractivity (Wildman–Crippen MR) is 57.3 cm³/mol. The zero-order chi connectivity index (χ0) is 11.2. The molecule has 0 aromatic carbocycles. The van der Waals surface area contributed by atoms with Crippen LogP contribution in [0.15, 0.2) is 5.16 Å². The topological polar surface area (TPSA) is 62.1 Å². The van der Waals surface area contributed by atoms with E-state index in [0.29, 0.717) is 6.42 Å². The third-order valence-corrected chi connectivity index (χ3v) is 3.86. The van der Waals surface area contributed by atoms with Crippen LogP contribution in [0, 0.1) is 0 Å². The number of piperidine rings is 1. The lowest BCUT2D eigenvalue weighted by molar-refractivity contribution is -0.129. The molecule has 1 spiro atoms. The highest BCUT2D eigenvalue weighted by molar-refractivity contribution is 6.36. The van der Waals surface area contributed by atoms with E-state index in [1.807, 2.05) is 0 Å². The molecule has 5 nitrogen and oxygen atoms in total. The fraction of sp³-hybridized carbons (Fsp3) is 0.818. The highest BCUT2D eigenvalue weighted by Gasteiger charge is 2.45. The molecular formula is C11H16N2O3. The minimum Gasteiger partial charge on any atom is -0.477 e. The van der Waals surface area contributed by atoms with E-state index in [1.165, 1.54) is 12.8 Å². The van der Waals surface area contributed by atoms with Gasteiger partial charge in [-0.1, -0.05) is 5.16 Å². The molecule has 1 saturated heterocycles. The first-order valence-corrected chi connectivity index (χ1v) is 5.91. The molecule has 0 radical (unpaired) electrons. The van der Waals surface area contributed by atoms with Crippen molar-refractivity contribution in [2.75, 3.05) is 13.1 Å². The molecule has 1 aliphatic carbocycles. The van der Waals surface area contributed by atoms with Gasteiger partial charge in [0, 0.05) is 38.4 Å². The van der Waals surface area contributed by atoms with Crippen molar-refractivity contribution in [3.8, 4) is 0 Å². The molecule has 0 bridgehead atoms. The number of nitrogens with zero attached hydrogens (tertiary/aromatic N) is 2. The molecule has 3 rings (SSSR count). The first kappa shape index (κ1) is 10.1. The third-order valence-electron chi connectivity index (χ3n) is 3.86. The van der Waals surface area contributed by atoms with E-state index < -0.39 is 5.97 Å². The summed E-state index contributed by atoms with van der Waals surface area (Å²) in [6, 6.07) is 0.790. The quantitative estimate of drug-likeness (QED) is 0.755. The van der Waals surface area contributed by atoms with Crippen molar-refractivity contribution in [3.63, 3.8) is 0 Å². The van der Waals surface area contributed by atoms with Crippen LogP contribution in [0.4, 0.5) is 0 Å². The molecule has 1 saturated carbocycles. The Labute approximate surface area is 94.0 Å². The van der Waals surface area contributed by atoms with Crippen LogP contribution in [-0.4, -0.2) is 46.4 Å². The van der Waals surface area contributed by atoms with Gasteiger partial charge in [-0.25, -0.2) is 4.79 Å². The van der Waals surface area contributed by atoms with Gasteiger partial charge in [0.2, 0.25) is 0 Å². The van der Waals surface area contributed by atoms with E-state index in [-0.39, 0.29) is 11.3 Å². The molecule has 2 aliphatic heterocycles. The lowest BCUT2D eigenvalue weighted by Crippen LogP contribution is -2.45. The molecule has 3 aliphatic rings. The Kier molecular flexibility index (Phi) is 2.17. The van der Waals surface area contributed by atoms with Crippen molar-refractivity contribution in [2.24, 2.45) is 5.16 Å². The van der Waals surface area contributed by atoms with E-state index in [0.717, 1.165) is 32.0 Å². The van der Waals surface area contributed by atoms with Crippen LogP contribution < -0.4 is 0 Å². The van der Waals surface area contributed by atoms with Crippen LogP contribution in [0.3, 0.4) is 0 Å². The molecule has 0 aromatic rings. The number of likely N-dealkylation sites (tertiary alicyclic amines) is 1. The number of carboxylic acid groups (broad SMARTS) is 1. The van der Waals surface area contributed by atoms with E-state index in [4.69, 9.17) is 9.94 Å². The zero-order valence-electron chi connectivity index (χ0n) is 9.19. The first-order valence-electron chi connectivity index (χ1n) is 5.91. The number of carbonyl (C=O) groups is 1. The van der Waals surface area contributed by atoms with Gasteiger partial charge in [0.15, 0.2) is 5.71 Å². The summed E-state index contributed by atoms with van der Waals surface area (Å²) in [5, 5.41) is 12.6. The Bertz CT molecular complexity index is 341. The molecule has 2 heterocycles. The second kappa shape index (κ2) is 3.45. The van der Waals surface area contributed by atoms with E-state index in [2.05, 4.69) is 10.1 Å². The zero-order valence-corrected chi connectivity index (χ0v) is 9.19. The van der Waals surface area contributed by atoms with Crippen molar-refractivity contribution >= 4 is 11.7 Å². The van der Waals surface area contributed by atoms with Gasteiger partial charge in [0.25, 0.3) is 0 Å². The van der Waals surface area contributed by atoms with Crippen LogP contribution in [0.5, 0.6) is 0 Å². The molecular weight excluding hydrogens is 208 g/mol. The second-order valence-corrected chi connectivity index (χ2v) is 5.06. The number of rotatable bonds is 2. The molecule has 0 amide bonds. The average Bonchev–Trinajstić information content (AvgIpc) is 3.03. The maximum Gasteiger partial charge on any atom is 0.353 e. The number of oxime groups is 1. The Balaban J connectivity index is 1.59. The fourth-order valence-corrected chi connectivity index (χ4v) is 2.64. The molecule has 0 unspecified atom stereocenters. The normalized spacial score (nSPS) is 28.9. The molecule has 88 valence electrons. The number of hydrogen-bond acceptors (Lipinski definition) is 4. The van der Waals surface area contributed by atoms with Gasteiger partial charge < -0.3 is 14.8 Å². The van der Waals surface area contributed by atoms with Gasteiger partial charge in [-0.2, -0.15) is 0 Å². The summed E-state index contributed by atoms with van der Waals surface area (Å²) in [4.78, 5) is 18.7. The van der Waals surface area contributed by atoms with Gasteiger partial charge in [-0.05, 0) is 12.8 Å². The van der Waals surface area contributed by atoms with E-state index in [1.54, 1.807) is 0 Å². The smallest absolute Gasteiger partial charge is 0.353 e. The standard InChI is InChI=1S/C11H16N2O3/c14-10(15)9-7-11(16-12-9)3-5-13(6-4-11)8-1-2-8/h8H,1-7H2,(H,14,15). The summed E-state index contributed by atoms with van der Waals surface area (Å²) in [6.45, 7) is 2.04. The van der Waals surface area contributed by atoms with Crippen molar-refractivity contribution in [2.45, 2.75) is 43.7 Å². The van der Waals surface area contributed by atoms with Gasteiger partial charge >= 0.3 is 5.97 Å². The molecule has 0 aromatic heterocycles. The SMILES string of the molecule is O=C(O)C1=NOC2(CCN(C3CC3)CC2)C1. The van der Waals surface area contributed by atoms with Crippen LogP contribution in [-0.2, 0) is 9.63 Å². The lowest BCUT2D eigenvalue weighted by atomic mass is 9.87. The highest BCUT2D eigenvalue weighted by Crippen LogP contribution is 2.38. The number of aliphatic carboxylic acids is 1. The maximum absolute atomic E-state index is 10.8. The monoisotopic (exact) mass is 224 g/mol. The van der Waals surface area contributed by atoms with Crippen molar-refractivity contribution in [3.05, 3.63) is 0 Å². The van der Waals surface area contributed by atoms with E-state index in [9.17, 15) is 4.79 Å². The molecule has 2 fully saturated rings. The van der Waals surface area contributed by atoms with Crippen molar-refractivity contribution in [1.82, 2.24) is 4.90 Å². The Morgan fingerprint density at radius 2 is 2.12 bits per heavy atom. The number of hydrogen-bond donors (Lipinski definition) is 1. The maximum atomic E-state index is 10.8. The van der Waals surface area contributed by atoms with E-state index >= 15 is 0 Å². The molecule has 16 heavy (non-hydrogen) atoms. The lowest BCUT2D eigenvalue weighted by Gasteiger charge is -2.37. The van der Waals surface area contributed by atoms with Crippen molar-refractivity contribution in [1.29, 1.82) is 0 Å². The summed E-state index contributed by atoms with van der Waals surface area (Å²) >= 11 is 0. The Morgan fingerprint density at radius 1 is 1.44 bits per heavy atom. The number of carboxylic acids is 1. The summed E-state index contributed by atoms with van der Waals surface area (Å²) in [5.74, 6) is -0.943. The minimum absolute atomic E-state index is 0.180. The van der Waals surface area contributed by atoms with Crippen LogP contribution in [0.25, 0.3) is 0 Å². The van der Waals surface area contributed by atoms with Crippen molar-refractivity contribution < 1.29 is 14.7 Å². The summed E-state index contributed by atoms with van der Waals surface area (Å²) < 4.78 is 0. The molecule has 1 N–H and O–H groups in total.